The summed E-state index contributed by atoms with van der Waals surface area (Å²) in [5, 5.41) is 23.9. The maximum Gasteiger partial charge on any atom is 0.307 e. The topological polar surface area (TPSA) is 107 Å². The molecule has 8 nitrogen and oxygen atoms in total. The van der Waals surface area contributed by atoms with Gasteiger partial charge in [-0.3, -0.25) is 14.7 Å². The molecule has 2 atom stereocenters. The van der Waals surface area contributed by atoms with Gasteiger partial charge in [0, 0.05) is 31.1 Å². The first-order chi connectivity index (χ1) is 14.9. The number of halogens is 1. The number of carbonyl (C=O) groups is 1. The second kappa shape index (κ2) is 10.6. The summed E-state index contributed by atoms with van der Waals surface area (Å²) in [7, 11) is 0. The molecule has 0 amide bonds. The van der Waals surface area contributed by atoms with E-state index < -0.39 is 17.8 Å². The second-order valence-corrected chi connectivity index (χ2v) is 8.77. The summed E-state index contributed by atoms with van der Waals surface area (Å²) in [6.45, 7) is 9.88. The highest BCUT2D eigenvalue weighted by Gasteiger charge is 2.33. The number of aliphatic carboxylic acids is 1. The third-order valence-corrected chi connectivity index (χ3v) is 6.00. The minimum Gasteiger partial charge on any atom is -0.481 e. The summed E-state index contributed by atoms with van der Waals surface area (Å²) >= 11 is 0. The Morgan fingerprint density at radius 3 is 2.68 bits per heavy atom. The van der Waals surface area contributed by atoms with Crippen molar-refractivity contribution >= 4 is 12.7 Å². The van der Waals surface area contributed by atoms with Crippen molar-refractivity contribution in [3.8, 4) is 0 Å². The van der Waals surface area contributed by atoms with Crippen LogP contribution in [0.4, 0.5) is 4.39 Å². The molecule has 0 bridgehead atoms. The number of hydrogen-bond donors (Lipinski definition) is 2. The Kier molecular flexibility index (Phi) is 7.84. The standard InChI is InChI=1S/C22H31FN6O2/c1-14(2)10-19(22(30)31)18(21-25-27-28-26-21)11-15-4-5-16(20(23)12-15)13-29-8-6-17(24-3)7-9-29/h4-5,12,14,17-19H,3,6-11,13H2,1-2H3,(H,30,31)(H,25,26,27,28)/t18-,19-/m0/s1. The fourth-order valence-corrected chi connectivity index (χ4v) is 4.29. The Morgan fingerprint density at radius 2 is 2.13 bits per heavy atom. The van der Waals surface area contributed by atoms with Crippen LogP contribution in [0.5, 0.6) is 0 Å². The quantitative estimate of drug-likeness (QED) is 0.561. The molecule has 1 aliphatic rings. The van der Waals surface area contributed by atoms with Crippen LogP contribution in [0.25, 0.3) is 0 Å². The zero-order chi connectivity index (χ0) is 22.4. The Labute approximate surface area is 182 Å². The summed E-state index contributed by atoms with van der Waals surface area (Å²) in [6.07, 6.45) is 2.70. The van der Waals surface area contributed by atoms with Gasteiger partial charge in [-0.2, -0.15) is 5.21 Å². The Balaban J connectivity index is 1.74. The molecule has 1 saturated heterocycles. The number of nitrogens with one attached hydrogen (secondary N) is 1. The largest absolute Gasteiger partial charge is 0.481 e. The summed E-state index contributed by atoms with van der Waals surface area (Å²) in [5.74, 6) is -1.82. The number of hydrogen-bond acceptors (Lipinski definition) is 6. The number of aromatic amines is 1. The van der Waals surface area contributed by atoms with Gasteiger partial charge in [-0.15, -0.1) is 10.2 Å². The predicted octanol–water partition coefficient (Wildman–Crippen LogP) is 3.08. The average Bonchev–Trinajstić information content (AvgIpc) is 3.27. The lowest BCUT2D eigenvalue weighted by molar-refractivity contribution is -0.143. The maximum absolute atomic E-state index is 14.9. The van der Waals surface area contributed by atoms with E-state index in [0.717, 1.165) is 31.5 Å². The van der Waals surface area contributed by atoms with Crippen molar-refractivity contribution in [1.29, 1.82) is 0 Å². The molecule has 1 fully saturated rings. The number of nitrogens with zero attached hydrogens (tertiary/aromatic N) is 5. The maximum atomic E-state index is 14.9. The molecule has 0 saturated carbocycles. The van der Waals surface area contributed by atoms with Gasteiger partial charge in [0.1, 0.15) is 5.82 Å². The molecule has 1 aromatic heterocycles. The van der Waals surface area contributed by atoms with E-state index in [1.807, 2.05) is 19.9 Å². The van der Waals surface area contributed by atoms with Crippen molar-refractivity contribution in [3.63, 3.8) is 0 Å². The van der Waals surface area contributed by atoms with E-state index in [0.29, 0.717) is 36.8 Å². The van der Waals surface area contributed by atoms with Gasteiger partial charge < -0.3 is 5.11 Å². The lowest BCUT2D eigenvalue weighted by Crippen LogP contribution is -2.34. The van der Waals surface area contributed by atoms with Crippen molar-refractivity contribution in [2.75, 3.05) is 13.1 Å². The third kappa shape index (κ3) is 6.16. The van der Waals surface area contributed by atoms with E-state index in [1.165, 1.54) is 6.07 Å². The number of piperidine rings is 1. The molecular formula is C22H31FN6O2. The molecule has 1 aromatic carbocycles. The van der Waals surface area contributed by atoms with E-state index in [2.05, 4.69) is 37.2 Å². The monoisotopic (exact) mass is 430 g/mol. The van der Waals surface area contributed by atoms with Gasteiger partial charge in [0.05, 0.1) is 12.0 Å². The molecule has 0 aliphatic carbocycles. The first kappa shape index (κ1) is 23.0. The fraction of sp³-hybridized carbons (Fsp3) is 0.591. The van der Waals surface area contributed by atoms with Gasteiger partial charge in [-0.05, 0) is 49.9 Å². The second-order valence-electron chi connectivity index (χ2n) is 8.77. The summed E-state index contributed by atoms with van der Waals surface area (Å²) in [4.78, 5) is 18.3. The molecule has 9 heteroatoms. The van der Waals surface area contributed by atoms with Gasteiger partial charge >= 0.3 is 5.97 Å². The van der Waals surface area contributed by atoms with Crippen LogP contribution in [-0.4, -0.2) is 62.4 Å². The molecule has 2 aromatic rings. The Morgan fingerprint density at radius 1 is 1.39 bits per heavy atom. The van der Waals surface area contributed by atoms with Crippen LogP contribution in [0.3, 0.4) is 0 Å². The summed E-state index contributed by atoms with van der Waals surface area (Å²) in [5.41, 5.74) is 1.36. The molecule has 1 aliphatic heterocycles. The molecule has 2 heterocycles. The van der Waals surface area contributed by atoms with Crippen LogP contribution in [0.15, 0.2) is 23.2 Å². The zero-order valence-corrected chi connectivity index (χ0v) is 18.2. The fourth-order valence-electron chi connectivity index (χ4n) is 4.29. The molecule has 168 valence electrons. The molecular weight excluding hydrogens is 399 g/mol. The number of aliphatic imine (C=N–C) groups is 1. The molecule has 3 rings (SSSR count). The van der Waals surface area contributed by atoms with Crippen LogP contribution in [-0.2, 0) is 17.8 Å². The Bertz CT molecular complexity index is 865. The third-order valence-electron chi connectivity index (χ3n) is 6.00. The normalized spacial score (nSPS) is 17.5. The number of likely N-dealkylation sites (tertiary alicyclic amines) is 1. The van der Waals surface area contributed by atoms with E-state index >= 15 is 0 Å². The number of benzene rings is 1. The lowest BCUT2D eigenvalue weighted by Gasteiger charge is -2.30. The van der Waals surface area contributed by atoms with Crippen molar-refractivity contribution in [2.45, 2.75) is 58.0 Å². The molecule has 31 heavy (non-hydrogen) atoms. The van der Waals surface area contributed by atoms with Gasteiger partial charge in [0.15, 0.2) is 5.82 Å². The first-order valence-electron chi connectivity index (χ1n) is 10.8. The minimum atomic E-state index is -0.905. The van der Waals surface area contributed by atoms with Crippen LogP contribution >= 0.6 is 0 Å². The van der Waals surface area contributed by atoms with Gasteiger partial charge in [-0.1, -0.05) is 31.2 Å². The molecule has 0 spiro atoms. The van der Waals surface area contributed by atoms with E-state index in [9.17, 15) is 14.3 Å². The van der Waals surface area contributed by atoms with Crippen molar-refractivity contribution in [1.82, 2.24) is 25.5 Å². The number of H-pyrrole nitrogens is 1. The SMILES string of the molecule is C=NC1CCN(Cc2ccc(C[C@H](c3nn[nH]n3)[C@H](CC(C)C)C(=O)O)cc2F)CC1. The number of carboxylic acid groups (broad SMARTS) is 1. The van der Waals surface area contributed by atoms with E-state index in [4.69, 9.17) is 0 Å². The van der Waals surface area contributed by atoms with Crippen LogP contribution < -0.4 is 0 Å². The minimum absolute atomic E-state index is 0.190. The number of carboxylic acids is 1. The smallest absolute Gasteiger partial charge is 0.307 e. The van der Waals surface area contributed by atoms with Crippen LogP contribution in [0.2, 0.25) is 0 Å². The van der Waals surface area contributed by atoms with E-state index in [-0.39, 0.29) is 11.7 Å². The first-order valence-corrected chi connectivity index (χ1v) is 10.8. The number of rotatable bonds is 10. The summed E-state index contributed by atoms with van der Waals surface area (Å²) < 4.78 is 14.9. The highest BCUT2D eigenvalue weighted by molar-refractivity contribution is 5.71. The Hall–Kier alpha value is -2.68. The van der Waals surface area contributed by atoms with Crippen molar-refractivity contribution < 1.29 is 14.3 Å². The molecule has 0 radical (unpaired) electrons. The highest BCUT2D eigenvalue weighted by atomic mass is 19.1. The van der Waals surface area contributed by atoms with Crippen molar-refractivity contribution in [2.24, 2.45) is 16.8 Å². The van der Waals surface area contributed by atoms with Crippen LogP contribution in [0.1, 0.15) is 56.0 Å². The zero-order valence-electron chi connectivity index (χ0n) is 18.2. The average molecular weight is 431 g/mol. The van der Waals surface area contributed by atoms with Crippen molar-refractivity contribution in [3.05, 3.63) is 41.0 Å². The van der Waals surface area contributed by atoms with Gasteiger partial charge in [-0.25, -0.2) is 4.39 Å². The van der Waals surface area contributed by atoms with Gasteiger partial charge in [0.2, 0.25) is 0 Å². The lowest BCUT2D eigenvalue weighted by atomic mass is 9.81. The predicted molar refractivity (Wildman–Crippen MR) is 115 cm³/mol. The number of tetrazole rings is 1. The van der Waals surface area contributed by atoms with Crippen LogP contribution in [0, 0.1) is 17.7 Å². The molecule has 0 unspecified atom stereocenters. The molecule has 2 N–H and O–H groups in total. The van der Waals surface area contributed by atoms with E-state index in [1.54, 1.807) is 6.07 Å². The number of aromatic nitrogens is 4. The summed E-state index contributed by atoms with van der Waals surface area (Å²) in [6, 6.07) is 5.49. The van der Waals surface area contributed by atoms with Gasteiger partial charge in [0.25, 0.3) is 0 Å². The highest BCUT2D eigenvalue weighted by Crippen LogP contribution is 2.31.